The Hall–Kier alpha value is -1.55. The predicted molar refractivity (Wildman–Crippen MR) is 61.1 cm³/mol. The number of aliphatic hydroxyl groups is 1. The normalized spacial score (nSPS) is 12.1. The van der Waals surface area contributed by atoms with Gasteiger partial charge in [-0.25, -0.2) is 0 Å². The van der Waals surface area contributed by atoms with Gasteiger partial charge < -0.3 is 15.5 Å². The number of nitrogens with one attached hydrogen (secondary N) is 1. The highest BCUT2D eigenvalue weighted by molar-refractivity contribution is 5.79. The molecule has 0 saturated carbocycles. The zero-order chi connectivity index (χ0) is 12.0. The Morgan fingerprint density at radius 3 is 2.75 bits per heavy atom. The molecule has 1 rings (SSSR count). The number of benzene rings is 1. The summed E-state index contributed by atoms with van der Waals surface area (Å²) in [4.78, 5) is 11.4. The van der Waals surface area contributed by atoms with E-state index >= 15 is 0 Å². The van der Waals surface area contributed by atoms with Crippen molar-refractivity contribution in [2.24, 2.45) is 0 Å². The van der Waals surface area contributed by atoms with Crippen LogP contribution in [0.2, 0.25) is 0 Å². The van der Waals surface area contributed by atoms with Gasteiger partial charge >= 0.3 is 0 Å². The molecule has 88 valence electrons. The minimum Gasteiger partial charge on any atom is -0.508 e. The molecule has 0 saturated heterocycles. The molecule has 4 nitrogen and oxygen atoms in total. The predicted octanol–water partition coefficient (Wildman–Crippen LogP) is 0.822. The van der Waals surface area contributed by atoms with Crippen LogP contribution in [0, 0.1) is 0 Å². The SMILES string of the molecule is CC(O)CCNC(=O)Cc1ccccc1O. The van der Waals surface area contributed by atoms with Crippen LogP contribution in [0.3, 0.4) is 0 Å². The van der Waals surface area contributed by atoms with Crippen molar-refractivity contribution in [3.8, 4) is 5.75 Å². The minimum atomic E-state index is -0.412. The van der Waals surface area contributed by atoms with Gasteiger partial charge in [-0.3, -0.25) is 4.79 Å². The minimum absolute atomic E-state index is 0.133. The van der Waals surface area contributed by atoms with Crippen LogP contribution in [-0.2, 0) is 11.2 Å². The number of aliphatic hydroxyl groups excluding tert-OH is 1. The van der Waals surface area contributed by atoms with E-state index in [1.165, 1.54) is 0 Å². The second-order valence-corrected chi connectivity index (χ2v) is 3.79. The highest BCUT2D eigenvalue weighted by atomic mass is 16.3. The summed E-state index contributed by atoms with van der Waals surface area (Å²) in [6.45, 7) is 2.12. The van der Waals surface area contributed by atoms with Crippen LogP contribution in [0.25, 0.3) is 0 Å². The van der Waals surface area contributed by atoms with E-state index < -0.39 is 6.10 Å². The fourth-order valence-corrected chi connectivity index (χ4v) is 1.32. The van der Waals surface area contributed by atoms with E-state index in [0.717, 1.165) is 0 Å². The molecule has 0 aromatic heterocycles. The van der Waals surface area contributed by atoms with E-state index in [9.17, 15) is 9.90 Å². The zero-order valence-corrected chi connectivity index (χ0v) is 9.31. The van der Waals surface area contributed by atoms with Gasteiger partial charge in [0.2, 0.25) is 5.91 Å². The molecule has 16 heavy (non-hydrogen) atoms. The smallest absolute Gasteiger partial charge is 0.224 e. The van der Waals surface area contributed by atoms with Crippen LogP contribution >= 0.6 is 0 Å². The quantitative estimate of drug-likeness (QED) is 0.692. The molecule has 0 radical (unpaired) electrons. The lowest BCUT2D eigenvalue weighted by molar-refractivity contribution is -0.120. The number of phenolic OH excluding ortho intramolecular Hbond substituents is 1. The summed E-state index contributed by atoms with van der Waals surface area (Å²) in [5, 5.41) is 21.1. The van der Waals surface area contributed by atoms with Crippen molar-refractivity contribution in [3.63, 3.8) is 0 Å². The zero-order valence-electron chi connectivity index (χ0n) is 9.31. The molecule has 0 spiro atoms. The van der Waals surface area contributed by atoms with E-state index in [2.05, 4.69) is 5.32 Å². The van der Waals surface area contributed by atoms with Crippen LogP contribution < -0.4 is 5.32 Å². The Morgan fingerprint density at radius 2 is 2.12 bits per heavy atom. The summed E-state index contributed by atoms with van der Waals surface area (Å²) in [5.41, 5.74) is 0.608. The first-order valence-corrected chi connectivity index (χ1v) is 5.31. The van der Waals surface area contributed by atoms with Crippen molar-refractivity contribution in [1.82, 2.24) is 5.32 Å². The standard InChI is InChI=1S/C12H17NO3/c1-9(14)6-7-13-12(16)8-10-4-2-3-5-11(10)15/h2-5,9,14-15H,6-8H2,1H3,(H,13,16). The Kier molecular flexibility index (Phi) is 4.79. The van der Waals surface area contributed by atoms with Crippen LogP contribution in [0.1, 0.15) is 18.9 Å². The van der Waals surface area contributed by atoms with Crippen molar-refractivity contribution in [1.29, 1.82) is 0 Å². The Morgan fingerprint density at radius 1 is 1.44 bits per heavy atom. The molecule has 4 heteroatoms. The van der Waals surface area contributed by atoms with Gasteiger partial charge in [-0.2, -0.15) is 0 Å². The van der Waals surface area contributed by atoms with Crippen LogP contribution in [0.15, 0.2) is 24.3 Å². The van der Waals surface area contributed by atoms with Gasteiger partial charge in [0.05, 0.1) is 12.5 Å². The van der Waals surface area contributed by atoms with Crippen molar-refractivity contribution in [3.05, 3.63) is 29.8 Å². The molecule has 0 bridgehead atoms. The van der Waals surface area contributed by atoms with E-state index in [1.54, 1.807) is 31.2 Å². The summed E-state index contributed by atoms with van der Waals surface area (Å²) >= 11 is 0. The van der Waals surface area contributed by atoms with E-state index in [1.807, 2.05) is 0 Å². The first kappa shape index (κ1) is 12.5. The summed E-state index contributed by atoms with van der Waals surface area (Å²) in [6, 6.07) is 6.75. The Balaban J connectivity index is 2.37. The van der Waals surface area contributed by atoms with Gasteiger partial charge in [0.15, 0.2) is 0 Å². The van der Waals surface area contributed by atoms with Crippen molar-refractivity contribution in [2.45, 2.75) is 25.9 Å². The van der Waals surface area contributed by atoms with Crippen molar-refractivity contribution < 1.29 is 15.0 Å². The number of hydrogen-bond donors (Lipinski definition) is 3. The number of hydrogen-bond acceptors (Lipinski definition) is 3. The van der Waals surface area contributed by atoms with E-state index in [4.69, 9.17) is 5.11 Å². The maximum Gasteiger partial charge on any atom is 0.224 e. The average molecular weight is 223 g/mol. The van der Waals surface area contributed by atoms with E-state index in [0.29, 0.717) is 18.5 Å². The van der Waals surface area contributed by atoms with Gasteiger partial charge in [0, 0.05) is 12.1 Å². The highest BCUT2D eigenvalue weighted by Gasteiger charge is 2.06. The van der Waals surface area contributed by atoms with Crippen molar-refractivity contribution in [2.75, 3.05) is 6.54 Å². The largest absolute Gasteiger partial charge is 0.508 e. The lowest BCUT2D eigenvalue weighted by Crippen LogP contribution is -2.27. The van der Waals surface area contributed by atoms with Gasteiger partial charge in [0.1, 0.15) is 5.75 Å². The second-order valence-electron chi connectivity index (χ2n) is 3.79. The third-order valence-corrected chi connectivity index (χ3v) is 2.23. The fourth-order valence-electron chi connectivity index (χ4n) is 1.32. The number of para-hydroxylation sites is 1. The molecule has 0 fully saturated rings. The monoisotopic (exact) mass is 223 g/mol. The molecular weight excluding hydrogens is 206 g/mol. The first-order chi connectivity index (χ1) is 7.59. The van der Waals surface area contributed by atoms with Crippen LogP contribution in [0.4, 0.5) is 0 Å². The molecular formula is C12H17NO3. The van der Waals surface area contributed by atoms with Crippen molar-refractivity contribution >= 4 is 5.91 Å². The van der Waals surface area contributed by atoms with E-state index in [-0.39, 0.29) is 18.1 Å². The summed E-state index contributed by atoms with van der Waals surface area (Å²) < 4.78 is 0. The Bertz CT molecular complexity index is 350. The molecule has 1 amide bonds. The molecule has 1 atom stereocenters. The molecule has 0 heterocycles. The highest BCUT2D eigenvalue weighted by Crippen LogP contribution is 2.15. The molecule has 1 aromatic rings. The summed E-state index contributed by atoms with van der Waals surface area (Å²) in [5.74, 6) is -0.0182. The summed E-state index contributed by atoms with van der Waals surface area (Å²) in [6.07, 6.45) is 0.282. The third-order valence-electron chi connectivity index (χ3n) is 2.23. The third kappa shape index (κ3) is 4.31. The number of amides is 1. The van der Waals surface area contributed by atoms with Gasteiger partial charge in [-0.05, 0) is 19.4 Å². The number of carbonyl (C=O) groups is 1. The number of carbonyl (C=O) groups excluding carboxylic acids is 1. The van der Waals surface area contributed by atoms with Gasteiger partial charge in [-0.15, -0.1) is 0 Å². The fraction of sp³-hybridized carbons (Fsp3) is 0.417. The number of rotatable bonds is 5. The van der Waals surface area contributed by atoms with Gasteiger partial charge in [0.25, 0.3) is 0 Å². The average Bonchev–Trinajstić information content (AvgIpc) is 2.21. The first-order valence-electron chi connectivity index (χ1n) is 5.31. The maximum absolute atomic E-state index is 11.4. The topological polar surface area (TPSA) is 69.6 Å². The lowest BCUT2D eigenvalue weighted by Gasteiger charge is -2.07. The van der Waals surface area contributed by atoms with Gasteiger partial charge in [-0.1, -0.05) is 18.2 Å². The molecule has 3 N–H and O–H groups in total. The molecule has 0 aliphatic heterocycles. The number of phenols is 1. The maximum atomic E-state index is 11.4. The summed E-state index contributed by atoms with van der Waals surface area (Å²) in [7, 11) is 0. The lowest BCUT2D eigenvalue weighted by atomic mass is 10.1. The number of aromatic hydroxyl groups is 1. The molecule has 0 aliphatic rings. The van der Waals surface area contributed by atoms with Crippen LogP contribution in [0.5, 0.6) is 5.75 Å². The molecule has 0 aliphatic carbocycles. The molecule has 1 unspecified atom stereocenters. The Labute approximate surface area is 94.9 Å². The van der Waals surface area contributed by atoms with Crippen LogP contribution in [-0.4, -0.2) is 28.8 Å². The second kappa shape index (κ2) is 6.12. The molecule has 1 aromatic carbocycles.